The fourth-order valence-corrected chi connectivity index (χ4v) is 3.48. The highest BCUT2D eigenvalue weighted by Crippen LogP contribution is 2.35. The molecule has 146 valence electrons. The number of hydrogen-bond donors (Lipinski definition) is 1. The van der Waals surface area contributed by atoms with Gasteiger partial charge in [0.15, 0.2) is 5.69 Å². The number of amides is 1. The molecule has 2 aromatic rings. The predicted octanol–water partition coefficient (Wildman–Crippen LogP) is 3.48. The minimum absolute atomic E-state index is 0.226. The number of hydrogen-bond acceptors (Lipinski definition) is 3. The van der Waals surface area contributed by atoms with Crippen molar-refractivity contribution in [3.8, 4) is 0 Å². The van der Waals surface area contributed by atoms with Crippen molar-refractivity contribution < 1.29 is 18.0 Å². The second-order valence-corrected chi connectivity index (χ2v) is 7.12. The number of carbonyl (C=O) groups is 1. The maximum absolute atomic E-state index is 13.2. The number of anilines is 1. The van der Waals surface area contributed by atoms with E-state index in [2.05, 4.69) is 10.4 Å². The van der Waals surface area contributed by atoms with Crippen molar-refractivity contribution in [2.75, 3.05) is 19.4 Å². The molecule has 1 amide bonds. The van der Waals surface area contributed by atoms with Crippen LogP contribution in [0.5, 0.6) is 0 Å². The molecule has 5 nitrogen and oxygen atoms in total. The number of benzene rings is 1. The Morgan fingerprint density at radius 2 is 2.00 bits per heavy atom. The molecule has 3 rings (SSSR count). The lowest BCUT2D eigenvalue weighted by Crippen LogP contribution is -2.22. The van der Waals surface area contributed by atoms with E-state index in [9.17, 15) is 18.0 Å². The van der Waals surface area contributed by atoms with Gasteiger partial charge >= 0.3 is 6.18 Å². The number of alkyl halides is 3. The molecule has 27 heavy (non-hydrogen) atoms. The summed E-state index contributed by atoms with van der Waals surface area (Å²) >= 11 is 0. The molecule has 1 aliphatic rings. The molecule has 0 saturated carbocycles. The number of nitrogens with zero attached hydrogens (tertiary/aromatic N) is 3. The topological polar surface area (TPSA) is 50.2 Å². The van der Waals surface area contributed by atoms with Crippen LogP contribution in [0.3, 0.4) is 0 Å². The maximum Gasteiger partial charge on any atom is 0.435 e. The first kappa shape index (κ1) is 19.4. The molecule has 1 N–H and O–H groups in total. The number of carbonyl (C=O) groups excluding carboxylic acids is 1. The fraction of sp³-hybridized carbons (Fsp3) is 0.474. The minimum atomic E-state index is -4.50. The van der Waals surface area contributed by atoms with Crippen molar-refractivity contribution in [1.82, 2.24) is 14.7 Å². The normalized spacial score (nSPS) is 14.3. The monoisotopic (exact) mass is 380 g/mol. The van der Waals surface area contributed by atoms with Gasteiger partial charge in [-0.2, -0.15) is 18.3 Å². The number of halogens is 3. The van der Waals surface area contributed by atoms with Gasteiger partial charge < -0.3 is 10.2 Å². The Bertz CT molecular complexity index is 827. The van der Waals surface area contributed by atoms with Crippen LogP contribution < -0.4 is 5.32 Å². The van der Waals surface area contributed by atoms with Crippen molar-refractivity contribution in [2.45, 2.75) is 44.9 Å². The first-order valence-corrected chi connectivity index (χ1v) is 8.93. The first-order chi connectivity index (χ1) is 12.7. The highest BCUT2D eigenvalue weighted by atomic mass is 19.4. The third-order valence-corrected chi connectivity index (χ3v) is 4.53. The Morgan fingerprint density at radius 3 is 2.70 bits per heavy atom. The predicted molar refractivity (Wildman–Crippen MR) is 96.3 cm³/mol. The standard InChI is InChI=1S/C19H23F3N4O/c1-25(2)11-13-6-5-7-14(10-13)23-17(27)12-26-16-9-4-3-8-15(16)18(24-26)19(20,21)22/h5-7,10H,3-4,8-9,11-12H2,1-2H3,(H,23,27). The van der Waals surface area contributed by atoms with Gasteiger partial charge in [0.25, 0.3) is 0 Å². The number of aromatic nitrogens is 2. The molecule has 0 aliphatic heterocycles. The van der Waals surface area contributed by atoms with E-state index < -0.39 is 11.9 Å². The van der Waals surface area contributed by atoms with Gasteiger partial charge in [0.2, 0.25) is 5.91 Å². The second-order valence-electron chi connectivity index (χ2n) is 7.12. The van der Waals surface area contributed by atoms with Crippen molar-refractivity contribution in [1.29, 1.82) is 0 Å². The molecule has 0 spiro atoms. The van der Waals surface area contributed by atoms with Gasteiger partial charge in [-0.1, -0.05) is 12.1 Å². The van der Waals surface area contributed by atoms with Crippen LogP contribution in [0.2, 0.25) is 0 Å². The third-order valence-electron chi connectivity index (χ3n) is 4.53. The number of nitrogens with one attached hydrogen (secondary N) is 1. The lowest BCUT2D eigenvalue weighted by Gasteiger charge is -2.15. The van der Waals surface area contributed by atoms with Crippen molar-refractivity contribution in [2.24, 2.45) is 0 Å². The van der Waals surface area contributed by atoms with E-state index in [1.165, 1.54) is 4.68 Å². The summed E-state index contributed by atoms with van der Waals surface area (Å²) in [4.78, 5) is 14.4. The van der Waals surface area contributed by atoms with Gasteiger partial charge in [0.1, 0.15) is 6.54 Å². The zero-order valence-electron chi connectivity index (χ0n) is 15.4. The average molecular weight is 380 g/mol. The average Bonchev–Trinajstić information content (AvgIpc) is 2.93. The van der Waals surface area contributed by atoms with E-state index in [1.54, 1.807) is 6.07 Å². The molecule has 0 fully saturated rings. The minimum Gasteiger partial charge on any atom is -0.324 e. The van der Waals surface area contributed by atoms with Gasteiger partial charge in [-0.25, -0.2) is 0 Å². The Hall–Kier alpha value is -2.35. The van der Waals surface area contributed by atoms with Crippen LogP contribution in [-0.4, -0.2) is 34.7 Å². The van der Waals surface area contributed by atoms with Crippen LogP contribution in [0.4, 0.5) is 18.9 Å². The second kappa shape index (κ2) is 7.72. The molecule has 0 radical (unpaired) electrons. The van der Waals surface area contributed by atoms with Gasteiger partial charge in [0.05, 0.1) is 0 Å². The van der Waals surface area contributed by atoms with Crippen LogP contribution in [0.1, 0.15) is 35.4 Å². The van der Waals surface area contributed by atoms with Crippen molar-refractivity contribution >= 4 is 11.6 Å². The lowest BCUT2D eigenvalue weighted by molar-refractivity contribution is -0.142. The Balaban J connectivity index is 1.76. The van der Waals surface area contributed by atoms with Gasteiger partial charge in [0, 0.05) is 23.5 Å². The molecule has 1 aromatic heterocycles. The molecule has 0 bridgehead atoms. The van der Waals surface area contributed by atoms with Gasteiger partial charge in [-0.05, 0) is 57.5 Å². The Labute approximate surface area is 156 Å². The van der Waals surface area contributed by atoms with Gasteiger partial charge in [-0.3, -0.25) is 9.48 Å². The molecular formula is C19H23F3N4O. The van der Waals surface area contributed by atoms with Crippen LogP contribution in [0.25, 0.3) is 0 Å². The molecule has 1 aliphatic carbocycles. The van der Waals surface area contributed by atoms with E-state index >= 15 is 0 Å². The summed E-state index contributed by atoms with van der Waals surface area (Å²) in [6, 6.07) is 7.41. The van der Waals surface area contributed by atoms with E-state index in [0.29, 0.717) is 30.6 Å². The smallest absolute Gasteiger partial charge is 0.324 e. The first-order valence-electron chi connectivity index (χ1n) is 8.93. The SMILES string of the molecule is CN(C)Cc1cccc(NC(=O)Cn2nc(C(F)(F)F)c3c2CCCC3)c1. The third kappa shape index (κ3) is 4.68. The summed E-state index contributed by atoms with van der Waals surface area (Å²) in [7, 11) is 3.90. The molecule has 1 heterocycles. The summed E-state index contributed by atoms with van der Waals surface area (Å²) in [5.74, 6) is -0.387. The molecular weight excluding hydrogens is 357 g/mol. The van der Waals surface area contributed by atoms with Crippen molar-refractivity contribution in [3.63, 3.8) is 0 Å². The highest BCUT2D eigenvalue weighted by molar-refractivity contribution is 5.90. The van der Waals surface area contributed by atoms with E-state index in [0.717, 1.165) is 18.5 Å². The Morgan fingerprint density at radius 1 is 1.26 bits per heavy atom. The zero-order chi connectivity index (χ0) is 19.6. The quantitative estimate of drug-likeness (QED) is 0.864. The molecule has 0 unspecified atom stereocenters. The van der Waals surface area contributed by atoms with E-state index in [-0.39, 0.29) is 18.0 Å². The Kier molecular flexibility index (Phi) is 5.55. The summed E-state index contributed by atoms with van der Waals surface area (Å²) in [6.45, 7) is 0.502. The maximum atomic E-state index is 13.2. The molecule has 0 atom stereocenters. The molecule has 8 heteroatoms. The zero-order valence-corrected chi connectivity index (χ0v) is 15.4. The number of rotatable bonds is 5. The summed E-state index contributed by atoms with van der Waals surface area (Å²) in [5, 5.41) is 6.49. The van der Waals surface area contributed by atoms with E-state index in [4.69, 9.17) is 0 Å². The fourth-order valence-electron chi connectivity index (χ4n) is 3.48. The highest BCUT2D eigenvalue weighted by Gasteiger charge is 2.39. The van der Waals surface area contributed by atoms with Gasteiger partial charge in [-0.15, -0.1) is 0 Å². The molecule has 1 aromatic carbocycles. The lowest BCUT2D eigenvalue weighted by atomic mass is 9.95. The van der Waals surface area contributed by atoms with E-state index in [1.807, 2.05) is 37.2 Å². The van der Waals surface area contributed by atoms with Crippen LogP contribution in [-0.2, 0) is 36.9 Å². The summed E-state index contributed by atoms with van der Waals surface area (Å²) in [6.07, 6.45) is -2.09. The van der Waals surface area contributed by atoms with Crippen LogP contribution in [0, 0.1) is 0 Å². The summed E-state index contributed by atoms with van der Waals surface area (Å²) < 4.78 is 40.9. The molecule has 0 saturated heterocycles. The van der Waals surface area contributed by atoms with Crippen LogP contribution >= 0.6 is 0 Å². The summed E-state index contributed by atoms with van der Waals surface area (Å²) in [5.41, 5.74) is 1.59. The number of fused-ring (bicyclic) bond motifs is 1. The largest absolute Gasteiger partial charge is 0.435 e. The van der Waals surface area contributed by atoms with Crippen molar-refractivity contribution in [3.05, 3.63) is 46.8 Å². The van der Waals surface area contributed by atoms with Crippen LogP contribution in [0.15, 0.2) is 24.3 Å².